The molecule has 0 saturated carbocycles. The number of hydrogen-bond acceptors (Lipinski definition) is 3. The second-order valence-corrected chi connectivity index (χ2v) is 4.78. The summed E-state index contributed by atoms with van der Waals surface area (Å²) >= 11 is 0. The molecule has 1 amide bonds. The molecule has 4 nitrogen and oxygen atoms in total. The zero-order valence-electron chi connectivity index (χ0n) is 11.6. The highest BCUT2D eigenvalue weighted by atomic mass is 19.1. The molecule has 0 saturated heterocycles. The van der Waals surface area contributed by atoms with E-state index >= 15 is 0 Å². The summed E-state index contributed by atoms with van der Waals surface area (Å²) in [5.74, 6) is -0.549. The Morgan fingerprint density at radius 2 is 1.95 bits per heavy atom. The molecule has 0 aromatic heterocycles. The van der Waals surface area contributed by atoms with Gasteiger partial charge in [0.05, 0.1) is 6.10 Å². The maximum Gasteiger partial charge on any atom is 0.260 e. The second kappa shape index (κ2) is 6.52. The highest BCUT2D eigenvalue weighted by Gasteiger charge is 2.16. The van der Waals surface area contributed by atoms with Crippen LogP contribution in [0.4, 0.5) is 4.39 Å². The van der Waals surface area contributed by atoms with Gasteiger partial charge in [-0.2, -0.15) is 0 Å². The van der Waals surface area contributed by atoms with E-state index in [0.717, 1.165) is 0 Å². The molecule has 5 heteroatoms. The van der Waals surface area contributed by atoms with E-state index in [9.17, 15) is 14.3 Å². The molecule has 0 radical (unpaired) electrons. The van der Waals surface area contributed by atoms with Crippen molar-refractivity contribution >= 4 is 5.91 Å². The summed E-state index contributed by atoms with van der Waals surface area (Å²) in [6.07, 6.45) is -1.59. The fourth-order valence-electron chi connectivity index (χ4n) is 1.58. The van der Waals surface area contributed by atoms with E-state index in [1.54, 1.807) is 6.92 Å². The van der Waals surface area contributed by atoms with Gasteiger partial charge in [-0.25, -0.2) is 4.39 Å². The number of benzene rings is 1. The lowest BCUT2D eigenvalue weighted by Crippen LogP contribution is -2.40. The van der Waals surface area contributed by atoms with Crippen LogP contribution in [0.15, 0.2) is 18.2 Å². The molecule has 1 aromatic carbocycles. The van der Waals surface area contributed by atoms with Crippen molar-refractivity contribution in [1.82, 2.24) is 5.32 Å². The standard InChI is InChI=1S/C14H20FNO3/c1-8(2)16-14(18)10(4)19-11-5-6-12(9(3)17)13(15)7-11/h5-10,17H,1-4H3,(H,16,18). The van der Waals surface area contributed by atoms with Gasteiger partial charge in [0.25, 0.3) is 5.91 Å². The van der Waals surface area contributed by atoms with Crippen molar-refractivity contribution in [3.63, 3.8) is 0 Å². The van der Waals surface area contributed by atoms with Gasteiger partial charge < -0.3 is 15.2 Å². The average molecular weight is 269 g/mol. The molecule has 2 N–H and O–H groups in total. The van der Waals surface area contributed by atoms with E-state index in [0.29, 0.717) is 0 Å². The molecule has 0 aliphatic heterocycles. The minimum Gasteiger partial charge on any atom is -0.481 e. The van der Waals surface area contributed by atoms with E-state index in [1.165, 1.54) is 25.1 Å². The molecule has 0 fully saturated rings. The molecular formula is C14H20FNO3. The van der Waals surface area contributed by atoms with Crippen LogP contribution in [0.25, 0.3) is 0 Å². The first-order valence-electron chi connectivity index (χ1n) is 6.25. The van der Waals surface area contributed by atoms with Crippen LogP contribution < -0.4 is 10.1 Å². The van der Waals surface area contributed by atoms with Crippen LogP contribution >= 0.6 is 0 Å². The minimum atomic E-state index is -0.879. The van der Waals surface area contributed by atoms with Crippen LogP contribution in [-0.4, -0.2) is 23.2 Å². The molecule has 0 bridgehead atoms. The first-order valence-corrected chi connectivity index (χ1v) is 6.25. The van der Waals surface area contributed by atoms with Crippen molar-refractivity contribution in [2.45, 2.75) is 45.9 Å². The lowest BCUT2D eigenvalue weighted by Gasteiger charge is -2.17. The zero-order chi connectivity index (χ0) is 14.6. The Labute approximate surface area is 112 Å². The molecule has 2 atom stereocenters. The van der Waals surface area contributed by atoms with Gasteiger partial charge in [0.1, 0.15) is 11.6 Å². The third-order valence-electron chi connectivity index (χ3n) is 2.54. The maximum atomic E-state index is 13.6. The van der Waals surface area contributed by atoms with E-state index in [-0.39, 0.29) is 23.3 Å². The number of hydrogen-bond donors (Lipinski definition) is 2. The largest absolute Gasteiger partial charge is 0.481 e. The topological polar surface area (TPSA) is 58.6 Å². The number of carbonyl (C=O) groups excluding carboxylic acids is 1. The van der Waals surface area contributed by atoms with E-state index in [2.05, 4.69) is 5.32 Å². The summed E-state index contributed by atoms with van der Waals surface area (Å²) < 4.78 is 19.0. The number of carbonyl (C=O) groups is 1. The van der Waals surface area contributed by atoms with Crippen LogP contribution in [-0.2, 0) is 4.79 Å². The number of amides is 1. The number of aliphatic hydroxyl groups excluding tert-OH is 1. The van der Waals surface area contributed by atoms with Crippen LogP contribution in [0.3, 0.4) is 0 Å². The number of halogens is 1. The Hall–Kier alpha value is -1.62. The summed E-state index contributed by atoms with van der Waals surface area (Å²) in [5, 5.41) is 12.0. The predicted octanol–water partition coefficient (Wildman–Crippen LogP) is 2.17. The quantitative estimate of drug-likeness (QED) is 0.861. The first kappa shape index (κ1) is 15.4. The summed E-state index contributed by atoms with van der Waals surface area (Å²) in [5.41, 5.74) is 0.201. The van der Waals surface area contributed by atoms with Gasteiger partial charge in [0.15, 0.2) is 6.10 Å². The van der Waals surface area contributed by atoms with Crippen LogP contribution in [0.2, 0.25) is 0 Å². The van der Waals surface area contributed by atoms with Crippen molar-refractivity contribution in [2.75, 3.05) is 0 Å². The number of nitrogens with one attached hydrogen (secondary N) is 1. The third-order valence-corrected chi connectivity index (χ3v) is 2.54. The lowest BCUT2D eigenvalue weighted by atomic mass is 10.1. The van der Waals surface area contributed by atoms with Crippen molar-refractivity contribution in [3.05, 3.63) is 29.6 Å². The molecule has 0 heterocycles. The van der Waals surface area contributed by atoms with Gasteiger partial charge >= 0.3 is 0 Å². The van der Waals surface area contributed by atoms with Gasteiger partial charge in [0.2, 0.25) is 0 Å². The van der Waals surface area contributed by atoms with E-state index in [4.69, 9.17) is 4.74 Å². The van der Waals surface area contributed by atoms with Gasteiger partial charge in [-0.05, 0) is 39.8 Å². The monoisotopic (exact) mass is 269 g/mol. The molecule has 19 heavy (non-hydrogen) atoms. The Morgan fingerprint density at radius 3 is 2.42 bits per heavy atom. The predicted molar refractivity (Wildman–Crippen MR) is 70.4 cm³/mol. The lowest BCUT2D eigenvalue weighted by molar-refractivity contribution is -0.127. The molecule has 1 rings (SSSR count). The molecule has 106 valence electrons. The van der Waals surface area contributed by atoms with Gasteiger partial charge in [0, 0.05) is 17.7 Å². The molecular weight excluding hydrogens is 249 g/mol. The van der Waals surface area contributed by atoms with Crippen molar-refractivity contribution < 1.29 is 19.0 Å². The van der Waals surface area contributed by atoms with Gasteiger partial charge in [-0.15, -0.1) is 0 Å². The van der Waals surface area contributed by atoms with Crippen molar-refractivity contribution in [1.29, 1.82) is 0 Å². The fourth-order valence-corrected chi connectivity index (χ4v) is 1.58. The molecule has 0 spiro atoms. The van der Waals surface area contributed by atoms with Crippen LogP contribution in [0.1, 0.15) is 39.4 Å². The summed E-state index contributed by atoms with van der Waals surface area (Å²) in [6.45, 7) is 6.78. The summed E-state index contributed by atoms with van der Waals surface area (Å²) in [7, 11) is 0. The highest BCUT2D eigenvalue weighted by Crippen LogP contribution is 2.22. The smallest absolute Gasteiger partial charge is 0.260 e. The number of ether oxygens (including phenoxy) is 1. The normalized spacial score (nSPS) is 14.1. The zero-order valence-corrected chi connectivity index (χ0v) is 11.6. The van der Waals surface area contributed by atoms with Crippen LogP contribution in [0, 0.1) is 5.82 Å². The Morgan fingerprint density at radius 1 is 1.32 bits per heavy atom. The Bertz CT molecular complexity index is 446. The van der Waals surface area contributed by atoms with Gasteiger partial charge in [-0.1, -0.05) is 0 Å². The molecule has 1 aromatic rings. The highest BCUT2D eigenvalue weighted by molar-refractivity contribution is 5.80. The number of aliphatic hydroxyl groups is 1. The summed E-state index contributed by atoms with van der Waals surface area (Å²) in [4.78, 5) is 11.6. The molecule has 2 unspecified atom stereocenters. The minimum absolute atomic E-state index is 0.0212. The summed E-state index contributed by atoms with van der Waals surface area (Å²) in [6, 6.07) is 4.17. The fraction of sp³-hybridized carbons (Fsp3) is 0.500. The van der Waals surface area contributed by atoms with Crippen molar-refractivity contribution in [2.24, 2.45) is 0 Å². The van der Waals surface area contributed by atoms with E-state index < -0.39 is 18.0 Å². The van der Waals surface area contributed by atoms with Crippen molar-refractivity contribution in [3.8, 4) is 5.75 Å². The SMILES string of the molecule is CC(C)NC(=O)C(C)Oc1ccc(C(C)O)c(F)c1. The average Bonchev–Trinajstić information content (AvgIpc) is 2.27. The third kappa shape index (κ3) is 4.52. The Balaban J connectivity index is 2.72. The van der Waals surface area contributed by atoms with E-state index in [1.807, 2.05) is 13.8 Å². The molecule has 0 aliphatic carbocycles. The van der Waals surface area contributed by atoms with Gasteiger partial charge in [-0.3, -0.25) is 4.79 Å². The molecule has 0 aliphatic rings. The maximum absolute atomic E-state index is 13.6. The Kier molecular flexibility index (Phi) is 5.30. The van der Waals surface area contributed by atoms with Crippen LogP contribution in [0.5, 0.6) is 5.75 Å². The first-order chi connectivity index (χ1) is 8.81. The number of rotatable bonds is 5. The second-order valence-electron chi connectivity index (χ2n) is 4.78.